The predicted octanol–water partition coefficient (Wildman–Crippen LogP) is 0.838. The van der Waals surface area contributed by atoms with Crippen LogP contribution in [0, 0.1) is 0 Å². The second-order valence-electron chi connectivity index (χ2n) is 3.30. The van der Waals surface area contributed by atoms with Crippen LogP contribution in [0.25, 0.3) is 0 Å². The number of aliphatic hydroxyl groups is 1. The molecule has 5 nitrogen and oxygen atoms in total. The molecule has 1 unspecified atom stereocenters. The molecule has 0 aromatic carbocycles. The van der Waals surface area contributed by atoms with Gasteiger partial charge in [-0.1, -0.05) is 6.92 Å². The SMILES string of the molecule is CCC(O)CNCc1cc(C(=O)O)co1. The summed E-state index contributed by atoms with van der Waals surface area (Å²) in [5, 5.41) is 20.8. The van der Waals surface area contributed by atoms with E-state index in [9.17, 15) is 9.90 Å². The summed E-state index contributed by atoms with van der Waals surface area (Å²) in [7, 11) is 0. The molecular weight excluding hydrogens is 198 g/mol. The maximum atomic E-state index is 10.5. The van der Waals surface area contributed by atoms with Crippen molar-refractivity contribution in [3.8, 4) is 0 Å². The maximum absolute atomic E-state index is 10.5. The Morgan fingerprint density at radius 1 is 1.67 bits per heavy atom. The van der Waals surface area contributed by atoms with E-state index in [1.54, 1.807) is 0 Å². The minimum absolute atomic E-state index is 0.142. The van der Waals surface area contributed by atoms with Crippen LogP contribution in [-0.2, 0) is 6.54 Å². The fourth-order valence-electron chi connectivity index (χ4n) is 1.09. The minimum Gasteiger partial charge on any atom is -0.478 e. The number of rotatable bonds is 6. The number of carbonyl (C=O) groups is 1. The molecule has 0 radical (unpaired) electrons. The molecule has 3 N–H and O–H groups in total. The first-order valence-corrected chi connectivity index (χ1v) is 4.83. The molecule has 0 spiro atoms. The zero-order chi connectivity index (χ0) is 11.3. The molecule has 0 aliphatic carbocycles. The molecule has 84 valence electrons. The Bertz CT molecular complexity index is 321. The van der Waals surface area contributed by atoms with Gasteiger partial charge in [-0.15, -0.1) is 0 Å². The van der Waals surface area contributed by atoms with Crippen LogP contribution in [0.1, 0.15) is 29.5 Å². The summed E-state index contributed by atoms with van der Waals surface area (Å²) in [6.07, 6.45) is 1.51. The maximum Gasteiger partial charge on any atom is 0.338 e. The second kappa shape index (κ2) is 5.53. The molecule has 0 aliphatic rings. The largest absolute Gasteiger partial charge is 0.478 e. The molecule has 0 saturated heterocycles. The molecule has 0 bridgehead atoms. The van der Waals surface area contributed by atoms with E-state index in [0.717, 1.165) is 0 Å². The average Bonchev–Trinajstić information content (AvgIpc) is 2.66. The summed E-state index contributed by atoms with van der Waals surface area (Å²) in [4.78, 5) is 10.5. The summed E-state index contributed by atoms with van der Waals surface area (Å²) in [5.74, 6) is -0.450. The lowest BCUT2D eigenvalue weighted by Crippen LogP contribution is -2.25. The van der Waals surface area contributed by atoms with Crippen LogP contribution in [-0.4, -0.2) is 28.8 Å². The van der Waals surface area contributed by atoms with Gasteiger partial charge in [0, 0.05) is 6.54 Å². The van der Waals surface area contributed by atoms with Gasteiger partial charge in [0.2, 0.25) is 0 Å². The van der Waals surface area contributed by atoms with Crippen LogP contribution in [0.3, 0.4) is 0 Å². The van der Waals surface area contributed by atoms with E-state index in [1.807, 2.05) is 6.92 Å². The number of carboxylic acids is 1. The monoisotopic (exact) mass is 213 g/mol. The number of hydrogen-bond acceptors (Lipinski definition) is 4. The minimum atomic E-state index is -1.00. The van der Waals surface area contributed by atoms with E-state index in [2.05, 4.69) is 5.32 Å². The number of furan rings is 1. The smallest absolute Gasteiger partial charge is 0.338 e. The van der Waals surface area contributed by atoms with Gasteiger partial charge in [-0.05, 0) is 12.5 Å². The van der Waals surface area contributed by atoms with Crippen molar-refractivity contribution >= 4 is 5.97 Å². The van der Waals surface area contributed by atoms with Gasteiger partial charge < -0.3 is 19.9 Å². The fourth-order valence-corrected chi connectivity index (χ4v) is 1.09. The molecule has 1 rings (SSSR count). The molecule has 0 amide bonds. The van der Waals surface area contributed by atoms with Crippen LogP contribution in [0.15, 0.2) is 16.7 Å². The molecule has 5 heteroatoms. The van der Waals surface area contributed by atoms with Crippen molar-refractivity contribution in [2.75, 3.05) is 6.54 Å². The van der Waals surface area contributed by atoms with Crippen molar-refractivity contribution < 1.29 is 19.4 Å². The Kier molecular flexibility index (Phi) is 4.33. The molecule has 1 atom stereocenters. The summed E-state index contributed by atoms with van der Waals surface area (Å²) in [5.41, 5.74) is 0.142. The Morgan fingerprint density at radius 3 is 2.93 bits per heavy atom. The molecule has 0 saturated carbocycles. The second-order valence-corrected chi connectivity index (χ2v) is 3.30. The van der Waals surface area contributed by atoms with E-state index in [-0.39, 0.29) is 11.7 Å². The molecular formula is C10H15NO4. The van der Waals surface area contributed by atoms with Gasteiger partial charge in [-0.2, -0.15) is 0 Å². The van der Waals surface area contributed by atoms with E-state index in [4.69, 9.17) is 9.52 Å². The highest BCUT2D eigenvalue weighted by Gasteiger charge is 2.08. The first-order valence-electron chi connectivity index (χ1n) is 4.83. The van der Waals surface area contributed by atoms with Crippen molar-refractivity contribution in [2.24, 2.45) is 0 Å². The van der Waals surface area contributed by atoms with E-state index < -0.39 is 5.97 Å². The van der Waals surface area contributed by atoms with Crippen molar-refractivity contribution in [3.63, 3.8) is 0 Å². The number of nitrogens with one attached hydrogen (secondary N) is 1. The molecule has 1 aromatic heterocycles. The zero-order valence-electron chi connectivity index (χ0n) is 8.56. The Hall–Kier alpha value is -1.33. The van der Waals surface area contributed by atoms with Gasteiger partial charge >= 0.3 is 5.97 Å². The number of carboxylic acid groups (broad SMARTS) is 1. The van der Waals surface area contributed by atoms with Crippen LogP contribution >= 0.6 is 0 Å². The quantitative estimate of drug-likeness (QED) is 0.652. The number of aliphatic hydroxyl groups excluding tert-OH is 1. The first-order chi connectivity index (χ1) is 7.13. The topological polar surface area (TPSA) is 82.7 Å². The third-order valence-electron chi connectivity index (χ3n) is 2.05. The van der Waals surface area contributed by atoms with Crippen LogP contribution in [0.5, 0.6) is 0 Å². The van der Waals surface area contributed by atoms with Crippen LogP contribution < -0.4 is 5.32 Å². The highest BCUT2D eigenvalue weighted by molar-refractivity contribution is 5.87. The highest BCUT2D eigenvalue weighted by Crippen LogP contribution is 2.07. The molecule has 1 heterocycles. The molecule has 0 aliphatic heterocycles. The number of hydrogen-bond donors (Lipinski definition) is 3. The Balaban J connectivity index is 2.35. The van der Waals surface area contributed by atoms with Gasteiger partial charge in [0.1, 0.15) is 12.0 Å². The zero-order valence-corrected chi connectivity index (χ0v) is 8.56. The van der Waals surface area contributed by atoms with Crippen LogP contribution in [0.2, 0.25) is 0 Å². The Labute approximate surface area is 87.7 Å². The number of aromatic carboxylic acids is 1. The summed E-state index contributed by atoms with van der Waals surface area (Å²) in [6.45, 7) is 2.78. The van der Waals surface area contributed by atoms with Gasteiger partial charge in [0.25, 0.3) is 0 Å². The highest BCUT2D eigenvalue weighted by atomic mass is 16.4. The molecule has 0 fully saturated rings. The van der Waals surface area contributed by atoms with E-state index >= 15 is 0 Å². The fraction of sp³-hybridized carbons (Fsp3) is 0.500. The third kappa shape index (κ3) is 3.73. The lowest BCUT2D eigenvalue weighted by molar-refractivity contribution is 0.0696. The Morgan fingerprint density at radius 2 is 2.40 bits per heavy atom. The average molecular weight is 213 g/mol. The van der Waals surface area contributed by atoms with Gasteiger partial charge in [-0.25, -0.2) is 4.79 Å². The van der Waals surface area contributed by atoms with E-state index in [1.165, 1.54) is 12.3 Å². The molecule has 1 aromatic rings. The molecule has 15 heavy (non-hydrogen) atoms. The van der Waals surface area contributed by atoms with Gasteiger partial charge in [-0.3, -0.25) is 0 Å². The lowest BCUT2D eigenvalue weighted by Gasteiger charge is -2.07. The van der Waals surface area contributed by atoms with Gasteiger partial charge in [0.15, 0.2) is 0 Å². The van der Waals surface area contributed by atoms with E-state index in [0.29, 0.717) is 25.3 Å². The van der Waals surface area contributed by atoms with Crippen molar-refractivity contribution in [3.05, 3.63) is 23.7 Å². The van der Waals surface area contributed by atoms with Gasteiger partial charge in [0.05, 0.1) is 18.2 Å². The first kappa shape index (κ1) is 11.7. The summed E-state index contributed by atoms with van der Waals surface area (Å²) in [6, 6.07) is 1.47. The van der Waals surface area contributed by atoms with Crippen molar-refractivity contribution in [1.82, 2.24) is 5.32 Å². The summed E-state index contributed by atoms with van der Waals surface area (Å²) < 4.78 is 5.02. The normalized spacial score (nSPS) is 12.7. The lowest BCUT2D eigenvalue weighted by atomic mass is 10.2. The van der Waals surface area contributed by atoms with Crippen molar-refractivity contribution in [1.29, 1.82) is 0 Å². The van der Waals surface area contributed by atoms with Crippen molar-refractivity contribution in [2.45, 2.75) is 26.0 Å². The summed E-state index contributed by atoms with van der Waals surface area (Å²) >= 11 is 0. The third-order valence-corrected chi connectivity index (χ3v) is 2.05. The van der Waals surface area contributed by atoms with Crippen LogP contribution in [0.4, 0.5) is 0 Å². The standard InChI is InChI=1S/C10H15NO4/c1-2-8(12)4-11-5-9-3-7(6-15-9)10(13)14/h3,6,8,11-12H,2,4-5H2,1H3,(H,13,14). The predicted molar refractivity (Wildman–Crippen MR) is 53.7 cm³/mol.